The molecule has 158 valence electrons. The number of aliphatic hydroxyl groups is 2. The Hall–Kier alpha value is -3.22. The first-order valence-electron chi connectivity index (χ1n) is 10.7. The average molecular weight is 415 g/mol. The van der Waals surface area contributed by atoms with Gasteiger partial charge in [-0.05, 0) is 42.0 Å². The molecule has 4 atom stereocenters. The highest BCUT2D eigenvalue weighted by atomic mass is 16.3. The van der Waals surface area contributed by atoms with Crippen LogP contribution in [0.2, 0.25) is 0 Å². The molecule has 0 spiro atoms. The molecule has 0 unspecified atom stereocenters. The predicted octanol–water partition coefficient (Wildman–Crippen LogP) is 3.53. The van der Waals surface area contributed by atoms with Gasteiger partial charge in [0.25, 0.3) is 0 Å². The van der Waals surface area contributed by atoms with Crippen LogP contribution in [0.1, 0.15) is 24.5 Å². The van der Waals surface area contributed by atoms with Crippen molar-refractivity contribution in [2.75, 3.05) is 5.32 Å². The van der Waals surface area contributed by atoms with Crippen LogP contribution in [0.25, 0.3) is 16.9 Å². The summed E-state index contributed by atoms with van der Waals surface area (Å²) in [5, 5.41) is 28.6. The fourth-order valence-electron chi connectivity index (χ4n) is 4.41. The van der Waals surface area contributed by atoms with Crippen molar-refractivity contribution in [3.05, 3.63) is 84.1 Å². The van der Waals surface area contributed by atoms with Crippen molar-refractivity contribution in [1.82, 2.24) is 14.6 Å². The molecule has 31 heavy (non-hydrogen) atoms. The Kier molecular flexibility index (Phi) is 5.18. The molecule has 1 aliphatic carbocycles. The second-order valence-corrected chi connectivity index (χ2v) is 8.44. The Morgan fingerprint density at radius 3 is 2.55 bits per heavy atom. The van der Waals surface area contributed by atoms with Gasteiger partial charge in [-0.1, -0.05) is 55.5 Å². The van der Waals surface area contributed by atoms with Crippen LogP contribution in [0.5, 0.6) is 0 Å². The topological polar surface area (TPSA) is 82.7 Å². The van der Waals surface area contributed by atoms with Gasteiger partial charge in [0, 0.05) is 17.8 Å². The normalized spacial score (nSPS) is 23.3. The monoisotopic (exact) mass is 414 g/mol. The Morgan fingerprint density at radius 1 is 0.968 bits per heavy atom. The third-order valence-corrected chi connectivity index (χ3v) is 6.14. The first-order valence-corrected chi connectivity index (χ1v) is 10.7. The molecule has 2 aromatic carbocycles. The molecule has 0 saturated heterocycles. The lowest BCUT2D eigenvalue weighted by molar-refractivity contribution is 0.0210. The number of aliphatic hydroxyl groups excluding tert-OH is 2. The van der Waals surface area contributed by atoms with Crippen LogP contribution in [0.3, 0.4) is 0 Å². The SMILES string of the molecule is C[C@@H]1C[C@@H](Nc2ccnc3cc(-c4cccc(Cc5ccccc5)c4)nn23)[C@H](O)[C@@H]1O. The zero-order valence-electron chi connectivity index (χ0n) is 17.4. The average Bonchev–Trinajstić information content (AvgIpc) is 3.33. The minimum Gasteiger partial charge on any atom is -0.390 e. The van der Waals surface area contributed by atoms with Crippen LogP contribution in [-0.2, 0) is 6.42 Å². The van der Waals surface area contributed by atoms with Gasteiger partial charge in [0.2, 0.25) is 0 Å². The number of hydrogen-bond donors (Lipinski definition) is 3. The smallest absolute Gasteiger partial charge is 0.157 e. The van der Waals surface area contributed by atoms with E-state index in [0.717, 1.165) is 29.1 Å². The summed E-state index contributed by atoms with van der Waals surface area (Å²) in [6.07, 6.45) is 1.78. The van der Waals surface area contributed by atoms with E-state index < -0.39 is 12.2 Å². The lowest BCUT2D eigenvalue weighted by Crippen LogP contribution is -2.35. The van der Waals surface area contributed by atoms with E-state index in [1.807, 2.05) is 25.1 Å². The second kappa shape index (κ2) is 8.13. The quantitative estimate of drug-likeness (QED) is 0.465. The molecule has 6 nitrogen and oxygen atoms in total. The molecule has 1 aliphatic rings. The summed E-state index contributed by atoms with van der Waals surface area (Å²) >= 11 is 0. The van der Waals surface area contributed by atoms with Crippen molar-refractivity contribution < 1.29 is 10.2 Å². The summed E-state index contributed by atoms with van der Waals surface area (Å²) in [5.74, 6) is 0.799. The number of fused-ring (bicyclic) bond motifs is 1. The van der Waals surface area contributed by atoms with Crippen LogP contribution in [0.4, 0.5) is 5.82 Å². The van der Waals surface area contributed by atoms with Crippen molar-refractivity contribution in [2.45, 2.75) is 38.0 Å². The summed E-state index contributed by atoms with van der Waals surface area (Å²) in [6, 6.07) is 22.4. The minimum absolute atomic E-state index is 0.0466. The van der Waals surface area contributed by atoms with E-state index in [2.05, 4.69) is 58.8 Å². The molecule has 2 heterocycles. The van der Waals surface area contributed by atoms with Crippen molar-refractivity contribution >= 4 is 11.5 Å². The van der Waals surface area contributed by atoms with Gasteiger partial charge in [-0.25, -0.2) is 4.98 Å². The number of aromatic nitrogens is 3. The summed E-state index contributed by atoms with van der Waals surface area (Å²) in [5.41, 5.74) is 5.11. The molecule has 6 heteroatoms. The van der Waals surface area contributed by atoms with Gasteiger partial charge in [-0.2, -0.15) is 9.61 Å². The van der Waals surface area contributed by atoms with E-state index in [9.17, 15) is 10.2 Å². The number of anilines is 1. The highest BCUT2D eigenvalue weighted by molar-refractivity contribution is 5.66. The van der Waals surface area contributed by atoms with E-state index in [-0.39, 0.29) is 12.0 Å². The molecular formula is C25H26N4O2. The van der Waals surface area contributed by atoms with Crippen LogP contribution < -0.4 is 5.32 Å². The van der Waals surface area contributed by atoms with E-state index in [1.54, 1.807) is 10.7 Å². The molecule has 0 bridgehead atoms. The highest BCUT2D eigenvalue weighted by Gasteiger charge is 2.39. The first-order chi connectivity index (χ1) is 15.1. The molecule has 0 radical (unpaired) electrons. The summed E-state index contributed by atoms with van der Waals surface area (Å²) in [6.45, 7) is 1.95. The predicted molar refractivity (Wildman–Crippen MR) is 121 cm³/mol. The number of hydrogen-bond acceptors (Lipinski definition) is 5. The van der Waals surface area contributed by atoms with Gasteiger partial charge in [-0.3, -0.25) is 0 Å². The Bertz CT molecular complexity index is 1190. The third-order valence-electron chi connectivity index (χ3n) is 6.14. The van der Waals surface area contributed by atoms with E-state index in [1.165, 1.54) is 11.1 Å². The number of nitrogens with zero attached hydrogens (tertiary/aromatic N) is 3. The minimum atomic E-state index is -0.803. The molecule has 4 aromatic rings. The Labute approximate surface area is 181 Å². The fourth-order valence-corrected chi connectivity index (χ4v) is 4.41. The number of benzene rings is 2. The summed E-state index contributed by atoms with van der Waals surface area (Å²) < 4.78 is 1.77. The fraction of sp³-hybridized carbons (Fsp3) is 0.280. The van der Waals surface area contributed by atoms with Gasteiger partial charge in [0.05, 0.1) is 17.8 Å². The molecule has 3 N–H and O–H groups in total. The Balaban J connectivity index is 1.43. The van der Waals surface area contributed by atoms with Crippen LogP contribution in [0, 0.1) is 5.92 Å². The molecular weight excluding hydrogens is 388 g/mol. The lowest BCUT2D eigenvalue weighted by Gasteiger charge is -2.19. The van der Waals surface area contributed by atoms with Gasteiger partial charge >= 0.3 is 0 Å². The van der Waals surface area contributed by atoms with Crippen molar-refractivity contribution in [3.63, 3.8) is 0 Å². The highest BCUT2D eigenvalue weighted by Crippen LogP contribution is 2.29. The molecule has 2 aromatic heterocycles. The van der Waals surface area contributed by atoms with Gasteiger partial charge < -0.3 is 15.5 Å². The zero-order valence-corrected chi connectivity index (χ0v) is 17.4. The van der Waals surface area contributed by atoms with Gasteiger partial charge in [-0.15, -0.1) is 0 Å². The van der Waals surface area contributed by atoms with Crippen molar-refractivity contribution in [1.29, 1.82) is 0 Å². The van der Waals surface area contributed by atoms with Crippen molar-refractivity contribution in [3.8, 4) is 11.3 Å². The Morgan fingerprint density at radius 2 is 1.77 bits per heavy atom. The van der Waals surface area contributed by atoms with Crippen molar-refractivity contribution in [2.24, 2.45) is 5.92 Å². The standard InChI is InChI=1S/C25H26N4O2/c1-16-12-21(25(31)24(16)30)27-22-10-11-26-23-15-20(28-29(22)23)19-9-5-8-18(14-19)13-17-6-3-2-4-7-17/h2-11,14-16,21,24-25,27,30-31H,12-13H2,1H3/t16-,21-,24-,25+/m1/s1. The third kappa shape index (κ3) is 3.92. The van der Waals surface area contributed by atoms with E-state index in [4.69, 9.17) is 5.10 Å². The van der Waals surface area contributed by atoms with Crippen LogP contribution >= 0.6 is 0 Å². The first kappa shape index (κ1) is 19.7. The maximum atomic E-state index is 10.3. The lowest BCUT2D eigenvalue weighted by atomic mass is 10.0. The maximum Gasteiger partial charge on any atom is 0.157 e. The largest absolute Gasteiger partial charge is 0.390 e. The molecule has 5 rings (SSSR count). The van der Waals surface area contributed by atoms with E-state index >= 15 is 0 Å². The summed E-state index contributed by atoms with van der Waals surface area (Å²) in [4.78, 5) is 4.45. The van der Waals surface area contributed by atoms with Crippen LogP contribution in [0.15, 0.2) is 72.9 Å². The molecule has 1 fully saturated rings. The molecule has 1 saturated carbocycles. The second-order valence-electron chi connectivity index (χ2n) is 8.44. The number of nitrogens with one attached hydrogen (secondary N) is 1. The number of rotatable bonds is 5. The maximum absolute atomic E-state index is 10.3. The molecule has 0 amide bonds. The molecule has 0 aliphatic heterocycles. The summed E-state index contributed by atoms with van der Waals surface area (Å²) in [7, 11) is 0. The van der Waals surface area contributed by atoms with Crippen LogP contribution in [-0.4, -0.2) is 43.1 Å². The van der Waals surface area contributed by atoms with Gasteiger partial charge in [0.1, 0.15) is 11.9 Å². The van der Waals surface area contributed by atoms with Gasteiger partial charge in [0.15, 0.2) is 5.65 Å². The van der Waals surface area contributed by atoms with E-state index in [0.29, 0.717) is 6.42 Å². The zero-order chi connectivity index (χ0) is 21.4.